The quantitative estimate of drug-likeness (QED) is 0.461. The number of piperidine rings is 1. The van der Waals surface area contributed by atoms with Crippen LogP contribution in [0.5, 0.6) is 5.75 Å². The van der Waals surface area contributed by atoms with E-state index in [4.69, 9.17) is 9.26 Å². The van der Waals surface area contributed by atoms with Gasteiger partial charge >= 0.3 is 0 Å². The molecule has 4 rings (SSSR count). The normalized spacial score (nSPS) is 16.7. The predicted molar refractivity (Wildman–Crippen MR) is 144 cm³/mol. The Labute approximate surface area is 218 Å². The lowest BCUT2D eigenvalue weighted by atomic mass is 9.98. The number of ether oxygens (including phenoxy) is 1. The second kappa shape index (κ2) is 10.9. The molecule has 0 unspecified atom stereocenters. The summed E-state index contributed by atoms with van der Waals surface area (Å²) in [4.78, 5) is 13.1. The van der Waals surface area contributed by atoms with Gasteiger partial charge in [-0.25, -0.2) is 8.42 Å². The van der Waals surface area contributed by atoms with Crippen LogP contribution >= 0.6 is 0 Å². The number of amides is 1. The zero-order valence-corrected chi connectivity index (χ0v) is 22.7. The van der Waals surface area contributed by atoms with E-state index in [-0.39, 0.29) is 28.8 Å². The number of hydrogen-bond acceptors (Lipinski definition) is 6. The van der Waals surface area contributed by atoms with Gasteiger partial charge in [0.1, 0.15) is 11.4 Å². The van der Waals surface area contributed by atoms with Crippen LogP contribution in [0, 0.1) is 33.6 Å². The molecule has 8 nitrogen and oxygen atoms in total. The number of rotatable bonds is 7. The summed E-state index contributed by atoms with van der Waals surface area (Å²) >= 11 is 0. The Morgan fingerprint density at radius 3 is 2.54 bits per heavy atom. The molecular weight excluding hydrogens is 490 g/mol. The second-order valence-corrected chi connectivity index (χ2v) is 11.4. The van der Waals surface area contributed by atoms with Crippen LogP contribution in [-0.4, -0.2) is 44.0 Å². The molecule has 196 valence electrons. The largest absolute Gasteiger partial charge is 0.495 e. The van der Waals surface area contributed by atoms with Crippen molar-refractivity contribution in [3.63, 3.8) is 0 Å². The lowest BCUT2D eigenvalue weighted by Gasteiger charge is -2.31. The number of aryl methyl sites for hydroxylation is 4. The first-order valence-electron chi connectivity index (χ1n) is 12.3. The van der Waals surface area contributed by atoms with Crippen molar-refractivity contribution >= 4 is 33.8 Å². The molecule has 3 aromatic rings. The van der Waals surface area contributed by atoms with E-state index in [0.717, 1.165) is 16.7 Å². The van der Waals surface area contributed by atoms with Gasteiger partial charge in [-0.05, 0) is 75.4 Å². The zero-order valence-electron chi connectivity index (χ0n) is 21.9. The predicted octanol–water partition coefficient (Wildman–Crippen LogP) is 5.13. The zero-order chi connectivity index (χ0) is 26.7. The van der Waals surface area contributed by atoms with Gasteiger partial charge in [-0.1, -0.05) is 41.1 Å². The van der Waals surface area contributed by atoms with Gasteiger partial charge in [0.15, 0.2) is 10.7 Å². The van der Waals surface area contributed by atoms with Gasteiger partial charge in [0, 0.05) is 13.1 Å². The number of para-hydroxylation sites is 2. The number of hydrogen-bond donors (Lipinski definition) is 1. The molecule has 0 spiro atoms. The minimum Gasteiger partial charge on any atom is -0.495 e. The summed E-state index contributed by atoms with van der Waals surface area (Å²) in [6.45, 7) is 8.10. The third kappa shape index (κ3) is 5.62. The standard InChI is InChI=1S/C28H33N3O5S/c1-18-15-19(2)23(20(3)16-18)12-13-26-27(21(4)30-36-26)37(33,34)31-14-8-9-22(17-31)28(32)29-24-10-6-7-11-25(24)35-5/h6-7,10-13,15-16,22H,8-9,14,17H2,1-5H3,(H,29,32)/b13-12+/t22-/m1/s1. The maximum Gasteiger partial charge on any atom is 0.248 e. The lowest BCUT2D eigenvalue weighted by molar-refractivity contribution is -0.120. The SMILES string of the molecule is COc1ccccc1NC(=O)[C@@H]1CCCN(S(=O)(=O)c2c(C)noc2/C=C/c2c(C)cc(C)cc2C)C1. The number of nitrogens with zero attached hydrogens (tertiary/aromatic N) is 2. The van der Waals surface area contributed by atoms with Gasteiger partial charge in [0.05, 0.1) is 18.7 Å². The fourth-order valence-electron chi connectivity index (χ4n) is 4.90. The maximum atomic E-state index is 13.7. The van der Waals surface area contributed by atoms with Gasteiger partial charge in [-0.2, -0.15) is 4.31 Å². The fourth-order valence-corrected chi connectivity index (χ4v) is 6.67. The number of methoxy groups -OCH3 is 1. The van der Waals surface area contributed by atoms with Crippen molar-refractivity contribution in [2.45, 2.75) is 45.4 Å². The highest BCUT2D eigenvalue weighted by molar-refractivity contribution is 7.89. The molecule has 1 fully saturated rings. The topological polar surface area (TPSA) is 102 Å². The van der Waals surface area contributed by atoms with E-state index in [2.05, 4.69) is 22.6 Å². The summed E-state index contributed by atoms with van der Waals surface area (Å²) < 4.78 is 39.6. The first-order chi connectivity index (χ1) is 17.6. The van der Waals surface area contributed by atoms with Crippen molar-refractivity contribution in [3.05, 3.63) is 70.1 Å². The molecule has 0 radical (unpaired) electrons. The van der Waals surface area contributed by atoms with Crippen LogP contribution in [0.4, 0.5) is 5.69 Å². The average molecular weight is 524 g/mol. The highest BCUT2D eigenvalue weighted by atomic mass is 32.2. The number of anilines is 1. The Kier molecular flexibility index (Phi) is 7.85. The van der Waals surface area contributed by atoms with Gasteiger partial charge in [0.2, 0.25) is 15.9 Å². The molecule has 0 saturated carbocycles. The first-order valence-corrected chi connectivity index (χ1v) is 13.7. The molecule has 9 heteroatoms. The molecule has 1 amide bonds. The molecule has 0 bridgehead atoms. The molecule has 2 aromatic carbocycles. The highest BCUT2D eigenvalue weighted by Gasteiger charge is 2.37. The van der Waals surface area contributed by atoms with Gasteiger partial charge < -0.3 is 14.6 Å². The number of nitrogens with one attached hydrogen (secondary N) is 1. The van der Waals surface area contributed by atoms with Crippen molar-refractivity contribution in [2.75, 3.05) is 25.5 Å². The number of sulfonamides is 1. The number of carbonyl (C=O) groups is 1. The summed E-state index contributed by atoms with van der Waals surface area (Å²) in [7, 11) is -2.41. The number of benzene rings is 2. The first kappa shape index (κ1) is 26.6. The van der Waals surface area contributed by atoms with Crippen molar-refractivity contribution in [1.29, 1.82) is 0 Å². The summed E-state index contributed by atoms with van der Waals surface area (Å²) in [5, 5.41) is 6.84. The minimum atomic E-state index is -3.94. The van der Waals surface area contributed by atoms with Crippen LogP contribution in [0.3, 0.4) is 0 Å². The maximum absolute atomic E-state index is 13.7. The van der Waals surface area contributed by atoms with E-state index in [0.29, 0.717) is 30.8 Å². The molecule has 1 aliphatic heterocycles. The Morgan fingerprint density at radius 1 is 1.14 bits per heavy atom. The van der Waals surface area contributed by atoms with Crippen LogP contribution in [0.1, 0.15) is 46.5 Å². The highest BCUT2D eigenvalue weighted by Crippen LogP contribution is 2.31. The Bertz CT molecular complexity index is 1420. The van der Waals surface area contributed by atoms with Crippen molar-refractivity contribution in [3.8, 4) is 5.75 Å². The summed E-state index contributed by atoms with van der Waals surface area (Å²) in [5.74, 6) is -0.00785. The van der Waals surface area contributed by atoms with E-state index in [1.54, 1.807) is 31.2 Å². The molecular formula is C28H33N3O5S. The summed E-state index contributed by atoms with van der Waals surface area (Å²) in [6.07, 6.45) is 4.69. The van der Waals surface area contributed by atoms with E-state index in [1.165, 1.54) is 17.0 Å². The molecule has 1 aromatic heterocycles. The van der Waals surface area contributed by atoms with Crippen LogP contribution in [0.15, 0.2) is 45.8 Å². The molecule has 37 heavy (non-hydrogen) atoms. The molecule has 1 atom stereocenters. The fraction of sp³-hybridized carbons (Fsp3) is 0.357. The van der Waals surface area contributed by atoms with Crippen LogP contribution in [0.25, 0.3) is 12.2 Å². The Hall–Kier alpha value is -3.43. The molecule has 1 saturated heterocycles. The minimum absolute atomic E-state index is 0.0388. The molecule has 1 N–H and O–H groups in total. The number of carbonyl (C=O) groups excluding carboxylic acids is 1. The van der Waals surface area contributed by atoms with Crippen LogP contribution < -0.4 is 10.1 Å². The third-order valence-corrected chi connectivity index (χ3v) is 8.71. The lowest BCUT2D eigenvalue weighted by Crippen LogP contribution is -2.43. The van der Waals surface area contributed by atoms with E-state index < -0.39 is 15.9 Å². The summed E-state index contributed by atoms with van der Waals surface area (Å²) in [5.41, 5.74) is 5.20. The van der Waals surface area contributed by atoms with E-state index >= 15 is 0 Å². The Balaban J connectivity index is 1.57. The second-order valence-electron chi connectivity index (χ2n) is 9.50. The average Bonchev–Trinajstić information content (AvgIpc) is 3.24. The van der Waals surface area contributed by atoms with Gasteiger partial charge in [-0.15, -0.1) is 0 Å². The van der Waals surface area contributed by atoms with Crippen molar-refractivity contribution in [1.82, 2.24) is 9.46 Å². The number of aromatic nitrogens is 1. The Morgan fingerprint density at radius 2 is 1.84 bits per heavy atom. The van der Waals surface area contributed by atoms with Crippen LogP contribution in [0.2, 0.25) is 0 Å². The van der Waals surface area contributed by atoms with Crippen molar-refractivity contribution < 1.29 is 22.5 Å². The van der Waals surface area contributed by atoms with Crippen molar-refractivity contribution in [2.24, 2.45) is 5.92 Å². The van der Waals surface area contributed by atoms with Gasteiger partial charge in [0.25, 0.3) is 0 Å². The van der Waals surface area contributed by atoms with Crippen LogP contribution in [-0.2, 0) is 14.8 Å². The smallest absolute Gasteiger partial charge is 0.248 e. The van der Waals surface area contributed by atoms with E-state index in [1.807, 2.05) is 32.9 Å². The van der Waals surface area contributed by atoms with E-state index in [9.17, 15) is 13.2 Å². The molecule has 0 aliphatic carbocycles. The third-order valence-electron chi connectivity index (χ3n) is 6.69. The summed E-state index contributed by atoms with van der Waals surface area (Å²) in [6, 6.07) is 11.3. The monoisotopic (exact) mass is 523 g/mol. The molecule has 1 aliphatic rings. The molecule has 2 heterocycles. The van der Waals surface area contributed by atoms with Gasteiger partial charge in [-0.3, -0.25) is 4.79 Å².